The molecule has 3 heterocycles. The van der Waals surface area contributed by atoms with Gasteiger partial charge in [-0.15, -0.1) is 0 Å². The molecule has 0 spiro atoms. The van der Waals surface area contributed by atoms with Gasteiger partial charge in [0, 0.05) is 55.2 Å². The third-order valence-electron chi connectivity index (χ3n) is 19.2. The van der Waals surface area contributed by atoms with Gasteiger partial charge in [0.25, 0.3) is 0 Å². The highest BCUT2D eigenvalue weighted by atomic mass is 16.5. The highest BCUT2D eigenvalue weighted by Gasteiger charge is 2.43. The monoisotopic (exact) mass is 1060 g/mol. The van der Waals surface area contributed by atoms with E-state index in [9.17, 15) is 0 Å². The van der Waals surface area contributed by atoms with Crippen LogP contribution in [0.4, 0.5) is 17.1 Å². The largest absolute Gasteiger partial charge is 0.482 e. The minimum Gasteiger partial charge on any atom is -0.482 e. The summed E-state index contributed by atoms with van der Waals surface area (Å²) in [5.74, 6) is 2.43. The molecule has 3 unspecified atom stereocenters. The van der Waals surface area contributed by atoms with Crippen molar-refractivity contribution in [1.82, 2.24) is 0 Å². The van der Waals surface area contributed by atoms with Crippen LogP contribution in [0.15, 0.2) is 214 Å². The second-order valence-electron chi connectivity index (χ2n) is 23.9. The van der Waals surface area contributed by atoms with Crippen molar-refractivity contribution < 1.29 is 13.6 Å². The highest BCUT2D eigenvalue weighted by molar-refractivity contribution is 6.27. The summed E-state index contributed by atoms with van der Waals surface area (Å²) < 4.78 is 22.7. The van der Waals surface area contributed by atoms with E-state index >= 15 is 0 Å². The summed E-state index contributed by atoms with van der Waals surface area (Å²) in [4.78, 5) is 5.27. The first-order chi connectivity index (χ1) is 40.2. The molecule has 16 rings (SSSR count). The average molecular weight is 1060 g/mol. The van der Waals surface area contributed by atoms with E-state index in [1.54, 1.807) is 0 Å². The number of anilines is 3. The van der Waals surface area contributed by atoms with Gasteiger partial charge in [-0.3, -0.25) is 0 Å². The number of hydrogen-bond acceptors (Lipinski definition) is 5. The number of fused-ring (bicyclic) bond motifs is 10. The summed E-state index contributed by atoms with van der Waals surface area (Å²) in [6, 6.07) is 51.7. The van der Waals surface area contributed by atoms with Crippen LogP contribution >= 0.6 is 0 Å². The van der Waals surface area contributed by atoms with Gasteiger partial charge in [0.2, 0.25) is 0 Å². The number of allylic oxidation sites excluding steroid dienone is 10. The maximum atomic E-state index is 7.62. The van der Waals surface area contributed by atoms with Crippen LogP contribution in [0.1, 0.15) is 125 Å². The number of ether oxygens (including phenoxy) is 1. The number of nitrogens with zero attached hydrogens (tertiary/aromatic N) is 2. The molecule has 2 saturated carbocycles. The van der Waals surface area contributed by atoms with Crippen LogP contribution in [-0.2, 0) is 0 Å². The molecule has 0 amide bonds. The summed E-state index contributed by atoms with van der Waals surface area (Å²) >= 11 is 0. The minimum absolute atomic E-state index is 0.173. The maximum Gasteiger partial charge on any atom is 0.162 e. The Morgan fingerprint density at radius 2 is 1.26 bits per heavy atom. The van der Waals surface area contributed by atoms with E-state index in [-0.39, 0.29) is 12.1 Å². The van der Waals surface area contributed by atoms with Gasteiger partial charge in [-0.1, -0.05) is 215 Å². The first-order valence-electron chi connectivity index (χ1n) is 30.5. The Morgan fingerprint density at radius 1 is 0.543 bits per heavy atom. The minimum atomic E-state index is -0.231. The SMILES string of the molecule is C1=CCC(C2=CCCC(N(c3c4ccccc4c(N(C4=c5oc6c(C7CCCCC7)cccc6c5=CCC4)c4cccc(-c5ccccc5)c4)c4oc5ccccc5c34)C3C=CC=C4c5cccc(C6CCCCC6)c5OC43)=C2)C=C1. The van der Waals surface area contributed by atoms with E-state index < -0.39 is 0 Å². The van der Waals surface area contributed by atoms with Gasteiger partial charge in [-0.2, -0.15) is 0 Å². The van der Waals surface area contributed by atoms with Gasteiger partial charge in [-0.05, 0) is 122 Å². The molecule has 0 bridgehead atoms. The molecular formula is C76H68N2O3. The molecule has 7 aromatic carbocycles. The summed E-state index contributed by atoms with van der Waals surface area (Å²) in [5.41, 5.74) is 18.4. The third-order valence-corrected chi connectivity index (χ3v) is 19.2. The maximum absolute atomic E-state index is 7.62. The van der Waals surface area contributed by atoms with E-state index in [1.807, 2.05) is 0 Å². The molecular weight excluding hydrogens is 989 g/mol. The zero-order valence-electron chi connectivity index (χ0n) is 46.2. The van der Waals surface area contributed by atoms with E-state index in [2.05, 4.69) is 210 Å². The van der Waals surface area contributed by atoms with Crippen molar-refractivity contribution in [3.63, 3.8) is 0 Å². The number of hydrogen-bond donors (Lipinski definition) is 0. The lowest BCUT2D eigenvalue weighted by molar-refractivity contribution is 0.251. The molecule has 0 radical (unpaired) electrons. The third kappa shape index (κ3) is 8.24. The smallest absolute Gasteiger partial charge is 0.162 e. The second-order valence-corrected chi connectivity index (χ2v) is 23.9. The van der Waals surface area contributed by atoms with Crippen LogP contribution in [0.5, 0.6) is 5.75 Å². The normalized spacial score (nSPS) is 20.9. The van der Waals surface area contributed by atoms with E-state index in [4.69, 9.17) is 13.6 Å². The molecule has 0 N–H and O–H groups in total. The molecule has 3 atom stereocenters. The molecule has 2 fully saturated rings. The zero-order chi connectivity index (χ0) is 53.4. The van der Waals surface area contributed by atoms with Gasteiger partial charge >= 0.3 is 0 Å². The lowest BCUT2D eigenvalue weighted by Crippen LogP contribution is -2.45. The van der Waals surface area contributed by atoms with E-state index in [1.165, 1.54) is 119 Å². The first-order valence-corrected chi connectivity index (χ1v) is 30.5. The lowest BCUT2D eigenvalue weighted by atomic mass is 9.82. The Kier molecular flexibility index (Phi) is 12.2. The quantitative estimate of drug-likeness (QED) is 0.128. The molecule has 6 aliphatic carbocycles. The Labute approximate surface area is 474 Å². The van der Waals surface area contributed by atoms with Crippen molar-refractivity contribution in [2.75, 3.05) is 9.80 Å². The number of rotatable bonds is 10. The summed E-state index contributed by atoms with van der Waals surface area (Å²) in [6.45, 7) is 0. The van der Waals surface area contributed by atoms with Gasteiger partial charge < -0.3 is 23.4 Å². The van der Waals surface area contributed by atoms with Crippen LogP contribution in [0.2, 0.25) is 0 Å². The molecule has 1 aliphatic heterocycles. The van der Waals surface area contributed by atoms with E-state index in [0.29, 0.717) is 17.8 Å². The van der Waals surface area contributed by atoms with Crippen molar-refractivity contribution in [1.29, 1.82) is 0 Å². The van der Waals surface area contributed by atoms with Gasteiger partial charge in [0.05, 0.1) is 28.5 Å². The Bertz CT molecular complexity index is 4300. The molecule has 5 heteroatoms. The first kappa shape index (κ1) is 48.6. The predicted octanol–water partition coefficient (Wildman–Crippen LogP) is 19.1. The second kappa shape index (κ2) is 20.4. The molecule has 9 aromatic rings. The summed E-state index contributed by atoms with van der Waals surface area (Å²) in [7, 11) is 0. The molecule has 81 heavy (non-hydrogen) atoms. The van der Waals surface area contributed by atoms with Crippen LogP contribution in [0.3, 0.4) is 0 Å². The fourth-order valence-corrected chi connectivity index (χ4v) is 15.4. The Balaban J connectivity index is 0.972. The van der Waals surface area contributed by atoms with Gasteiger partial charge in [0.15, 0.2) is 11.0 Å². The molecule has 400 valence electrons. The van der Waals surface area contributed by atoms with Crippen LogP contribution < -0.4 is 25.2 Å². The Hall–Kier alpha value is -8.28. The van der Waals surface area contributed by atoms with Crippen LogP contribution in [-0.4, -0.2) is 12.1 Å². The fourth-order valence-electron chi connectivity index (χ4n) is 15.4. The van der Waals surface area contributed by atoms with Gasteiger partial charge in [0.1, 0.15) is 23.0 Å². The average Bonchev–Trinajstić information content (AvgIpc) is 4.43. The van der Waals surface area contributed by atoms with Crippen molar-refractivity contribution in [3.8, 4) is 16.9 Å². The number of para-hydroxylation sites is 3. The topological polar surface area (TPSA) is 42.0 Å². The highest BCUT2D eigenvalue weighted by Crippen LogP contribution is 2.55. The molecule has 5 nitrogen and oxygen atoms in total. The van der Waals surface area contributed by atoms with Crippen molar-refractivity contribution in [2.24, 2.45) is 5.92 Å². The standard InChI is InChI=1S/C76H68N2O3/c1-5-23-49(24-6-1)53-31-17-33-55(47-53)77(66-44-21-42-63-61-40-19-38-57(72(61)80-74(63)66)51-27-9-3-10-28-51)70-59-35-13-14-36-60(59)71(76-69(70)65-37-15-16-46-68(65)79-76)78(56-34-18-32-54(48-56)50-25-7-2-8-26-50)67-45-22-43-64-62-41-20-39-58(73(62)81-75(64)67)52-29-11-4-12-30-52/h1-2,5-8,13-16,18-21,23,25-26,31-32,34-44,46-49,51-52,66,74H,3-4,9-12,17,22,24,27-30,33,45H2. The molecule has 0 saturated heterocycles. The van der Waals surface area contributed by atoms with Crippen LogP contribution in [0.25, 0.3) is 72.2 Å². The zero-order valence-corrected chi connectivity index (χ0v) is 46.2. The van der Waals surface area contributed by atoms with Crippen molar-refractivity contribution in [3.05, 3.63) is 233 Å². The summed E-state index contributed by atoms with van der Waals surface area (Å²) in [6.07, 6.45) is 40.6. The molecule has 2 aromatic heterocycles. The number of furan rings is 2. The summed E-state index contributed by atoms with van der Waals surface area (Å²) in [5, 5.41) is 6.92. The number of benzene rings is 7. The van der Waals surface area contributed by atoms with Crippen LogP contribution in [0, 0.1) is 5.92 Å². The van der Waals surface area contributed by atoms with Crippen molar-refractivity contribution >= 4 is 78.1 Å². The van der Waals surface area contributed by atoms with E-state index in [0.717, 1.165) is 104 Å². The van der Waals surface area contributed by atoms with Gasteiger partial charge in [-0.25, -0.2) is 0 Å². The fraction of sp³-hybridized carbons (Fsp3) is 0.263. The molecule has 7 aliphatic rings. The van der Waals surface area contributed by atoms with Crippen molar-refractivity contribution in [2.45, 2.75) is 120 Å². The lowest BCUT2D eigenvalue weighted by Gasteiger charge is -2.41. The Morgan fingerprint density at radius 3 is 2.09 bits per heavy atom. The predicted molar refractivity (Wildman–Crippen MR) is 335 cm³/mol.